The van der Waals surface area contributed by atoms with Crippen molar-refractivity contribution in [1.29, 1.82) is 0 Å². The summed E-state index contributed by atoms with van der Waals surface area (Å²) < 4.78 is 27.7. The highest BCUT2D eigenvalue weighted by Gasteiger charge is 2.28. The number of aromatic nitrogens is 1. The van der Waals surface area contributed by atoms with Gasteiger partial charge in [-0.15, -0.1) is 0 Å². The molecule has 0 atom stereocenters. The van der Waals surface area contributed by atoms with E-state index in [1.807, 2.05) is 13.0 Å². The van der Waals surface area contributed by atoms with Crippen LogP contribution >= 0.6 is 12.2 Å². The van der Waals surface area contributed by atoms with Crippen molar-refractivity contribution < 1.29 is 8.78 Å². The highest BCUT2D eigenvalue weighted by atomic mass is 32.1. The smallest absolute Gasteiger partial charge is 0.270 e. The lowest BCUT2D eigenvalue weighted by Crippen LogP contribution is -2.48. The number of alkyl halides is 2. The summed E-state index contributed by atoms with van der Waals surface area (Å²) in [5.74, 6) is -2.82. The zero-order valence-electron chi connectivity index (χ0n) is 16.7. The molecule has 150 valence electrons. The maximum atomic E-state index is 13.9. The summed E-state index contributed by atoms with van der Waals surface area (Å²) in [5, 5.41) is 0. The lowest BCUT2D eigenvalue weighted by molar-refractivity contribution is 0.0156. The minimum absolute atomic E-state index is 0.119. The molecule has 6 heteroatoms. The van der Waals surface area contributed by atoms with Crippen molar-refractivity contribution in [2.45, 2.75) is 39.7 Å². The number of hydrogen-bond acceptors (Lipinski definition) is 3. The summed E-state index contributed by atoms with van der Waals surface area (Å²) in [5.41, 5.74) is 4.03. The Bertz CT molecular complexity index is 820. The molecule has 1 fully saturated rings. The lowest BCUT2D eigenvalue weighted by Gasteiger charge is -2.36. The molecule has 2 heterocycles. The van der Waals surface area contributed by atoms with Crippen LogP contribution in [0, 0.1) is 13.8 Å². The average Bonchev–Trinajstić information content (AvgIpc) is 2.61. The van der Waals surface area contributed by atoms with Gasteiger partial charge in [-0.2, -0.15) is 0 Å². The van der Waals surface area contributed by atoms with E-state index in [0.29, 0.717) is 18.5 Å². The number of thiocarbonyl (C=S) groups is 1. The predicted molar refractivity (Wildman–Crippen MR) is 113 cm³/mol. The maximum absolute atomic E-state index is 13.9. The van der Waals surface area contributed by atoms with Crippen LogP contribution in [0.5, 0.6) is 0 Å². The monoisotopic (exact) mass is 403 g/mol. The molecule has 0 unspecified atom stereocenters. The number of piperazine rings is 1. The van der Waals surface area contributed by atoms with Crippen molar-refractivity contribution >= 4 is 17.2 Å². The molecule has 1 saturated heterocycles. The molecule has 1 aromatic heterocycles. The summed E-state index contributed by atoms with van der Waals surface area (Å²) in [4.78, 5) is 9.91. The summed E-state index contributed by atoms with van der Waals surface area (Å²) in [6, 6.07) is 11.0. The molecule has 0 radical (unpaired) electrons. The SMILES string of the molecule is Cc1cc(C)nc(CC(=S)N2CCN(Cc3ccccc3C(C)(F)F)CC2)c1. The Kier molecular flexibility index (Phi) is 6.40. The summed E-state index contributed by atoms with van der Waals surface area (Å²) in [6.07, 6.45) is 0.669. The van der Waals surface area contributed by atoms with E-state index in [9.17, 15) is 8.78 Å². The molecule has 0 amide bonds. The van der Waals surface area contributed by atoms with Crippen molar-refractivity contribution in [3.63, 3.8) is 0 Å². The van der Waals surface area contributed by atoms with Crippen LogP contribution in [0.2, 0.25) is 0 Å². The molecule has 0 spiro atoms. The Hall–Kier alpha value is -1.92. The van der Waals surface area contributed by atoms with Gasteiger partial charge < -0.3 is 4.90 Å². The Balaban J connectivity index is 1.57. The molecule has 3 rings (SSSR count). The van der Waals surface area contributed by atoms with Crippen LogP contribution in [-0.2, 0) is 18.9 Å². The zero-order chi connectivity index (χ0) is 20.3. The number of rotatable bonds is 5. The van der Waals surface area contributed by atoms with E-state index in [-0.39, 0.29) is 5.56 Å². The first-order valence-electron chi connectivity index (χ1n) is 9.63. The molecule has 0 aliphatic carbocycles. The van der Waals surface area contributed by atoms with Gasteiger partial charge in [0.1, 0.15) is 0 Å². The zero-order valence-corrected chi connectivity index (χ0v) is 17.5. The van der Waals surface area contributed by atoms with Gasteiger partial charge in [0, 0.05) is 63.0 Å². The van der Waals surface area contributed by atoms with Crippen LogP contribution < -0.4 is 0 Å². The van der Waals surface area contributed by atoms with Crippen LogP contribution in [-0.4, -0.2) is 46.0 Å². The third kappa shape index (κ3) is 5.32. The molecule has 1 aliphatic heterocycles. The first kappa shape index (κ1) is 20.8. The van der Waals surface area contributed by atoms with Gasteiger partial charge in [0.25, 0.3) is 5.92 Å². The minimum Gasteiger partial charge on any atom is -0.363 e. The van der Waals surface area contributed by atoms with Crippen molar-refractivity contribution in [1.82, 2.24) is 14.8 Å². The van der Waals surface area contributed by atoms with E-state index >= 15 is 0 Å². The molecule has 0 N–H and O–H groups in total. The van der Waals surface area contributed by atoms with Crippen molar-refractivity contribution in [3.05, 3.63) is 64.5 Å². The van der Waals surface area contributed by atoms with E-state index in [1.165, 1.54) is 11.6 Å². The number of halogens is 2. The number of aryl methyl sites for hydroxylation is 2. The first-order chi connectivity index (χ1) is 13.2. The van der Waals surface area contributed by atoms with Gasteiger partial charge in [-0.05, 0) is 37.1 Å². The molecule has 1 aliphatic rings. The Morgan fingerprint density at radius 3 is 2.43 bits per heavy atom. The van der Waals surface area contributed by atoms with Gasteiger partial charge in [0.15, 0.2) is 0 Å². The molecule has 2 aromatic rings. The Morgan fingerprint density at radius 1 is 1.11 bits per heavy atom. The van der Waals surface area contributed by atoms with Gasteiger partial charge in [0.05, 0.1) is 4.99 Å². The largest absolute Gasteiger partial charge is 0.363 e. The van der Waals surface area contributed by atoms with Crippen molar-refractivity contribution in [2.75, 3.05) is 26.2 Å². The van der Waals surface area contributed by atoms with E-state index in [4.69, 9.17) is 12.2 Å². The number of nitrogens with zero attached hydrogens (tertiary/aromatic N) is 3. The summed E-state index contributed by atoms with van der Waals surface area (Å²) >= 11 is 5.65. The second-order valence-electron chi connectivity index (χ2n) is 7.66. The highest BCUT2D eigenvalue weighted by molar-refractivity contribution is 7.80. The van der Waals surface area contributed by atoms with Gasteiger partial charge in [-0.25, -0.2) is 8.78 Å². The van der Waals surface area contributed by atoms with E-state index in [1.54, 1.807) is 12.1 Å². The fraction of sp³-hybridized carbons (Fsp3) is 0.455. The number of pyridine rings is 1. The predicted octanol–water partition coefficient (Wildman–Crippen LogP) is 4.50. The Morgan fingerprint density at radius 2 is 1.79 bits per heavy atom. The molecular formula is C22H27F2N3S. The van der Waals surface area contributed by atoms with Crippen LogP contribution in [0.3, 0.4) is 0 Å². The van der Waals surface area contributed by atoms with E-state index in [0.717, 1.165) is 49.5 Å². The highest BCUT2D eigenvalue weighted by Crippen LogP contribution is 2.30. The first-order valence-corrected chi connectivity index (χ1v) is 10.0. The van der Waals surface area contributed by atoms with Gasteiger partial charge in [-0.1, -0.05) is 36.5 Å². The number of hydrogen-bond donors (Lipinski definition) is 0. The number of benzene rings is 1. The van der Waals surface area contributed by atoms with E-state index in [2.05, 4.69) is 33.8 Å². The third-order valence-corrected chi connectivity index (χ3v) is 5.49. The second-order valence-corrected chi connectivity index (χ2v) is 8.13. The van der Waals surface area contributed by atoms with Gasteiger partial charge >= 0.3 is 0 Å². The van der Waals surface area contributed by atoms with Gasteiger partial charge in [-0.3, -0.25) is 9.88 Å². The quantitative estimate of drug-likeness (QED) is 0.685. The minimum atomic E-state index is -2.82. The normalized spacial score (nSPS) is 15.7. The average molecular weight is 404 g/mol. The standard InChI is InChI=1S/C22H27F2N3S/c1-16-12-17(2)25-19(13-16)14-21(28)27-10-8-26(9-11-27)15-18-6-4-5-7-20(18)22(3,23)24/h4-7,12-13H,8-11,14-15H2,1-3H3. The maximum Gasteiger partial charge on any atom is 0.270 e. The molecule has 1 aromatic carbocycles. The third-order valence-electron chi connectivity index (χ3n) is 5.09. The molecular weight excluding hydrogens is 376 g/mol. The fourth-order valence-electron chi connectivity index (χ4n) is 3.77. The molecule has 0 bridgehead atoms. The molecule has 28 heavy (non-hydrogen) atoms. The van der Waals surface area contributed by atoms with Crippen LogP contribution in [0.4, 0.5) is 8.78 Å². The van der Waals surface area contributed by atoms with Gasteiger partial charge in [0.2, 0.25) is 0 Å². The van der Waals surface area contributed by atoms with E-state index < -0.39 is 5.92 Å². The molecule has 3 nitrogen and oxygen atoms in total. The fourth-order valence-corrected chi connectivity index (χ4v) is 4.10. The topological polar surface area (TPSA) is 19.4 Å². The summed E-state index contributed by atoms with van der Waals surface area (Å²) in [6.45, 7) is 8.81. The van der Waals surface area contributed by atoms with Crippen LogP contribution in [0.1, 0.15) is 35.0 Å². The summed E-state index contributed by atoms with van der Waals surface area (Å²) in [7, 11) is 0. The van der Waals surface area contributed by atoms with Crippen molar-refractivity contribution in [3.8, 4) is 0 Å². The molecule has 0 saturated carbocycles. The lowest BCUT2D eigenvalue weighted by atomic mass is 10.0. The van der Waals surface area contributed by atoms with Crippen LogP contribution in [0.15, 0.2) is 36.4 Å². The van der Waals surface area contributed by atoms with Crippen molar-refractivity contribution in [2.24, 2.45) is 0 Å². The second kappa shape index (κ2) is 8.62. The Labute approximate surface area is 171 Å². The van der Waals surface area contributed by atoms with Crippen LogP contribution in [0.25, 0.3) is 0 Å².